The third kappa shape index (κ3) is 1.23. The normalized spacial score (nSPS) is 21.9. The number of hydrogen-bond donors (Lipinski definition) is 0. The Balaban J connectivity index is 2.26. The minimum absolute atomic E-state index is 0.307. The van der Waals surface area contributed by atoms with Gasteiger partial charge in [0.25, 0.3) is 0 Å². The molecular weight excluding hydrogens is 252 g/mol. The number of halogens is 1. The van der Waals surface area contributed by atoms with Gasteiger partial charge in [0, 0.05) is 22.2 Å². The molecule has 1 unspecified atom stereocenters. The van der Waals surface area contributed by atoms with Gasteiger partial charge in [-0.15, -0.1) is 0 Å². The quantitative estimate of drug-likeness (QED) is 0.717. The lowest BCUT2D eigenvalue weighted by Crippen LogP contribution is -2.01. The highest BCUT2D eigenvalue weighted by molar-refractivity contribution is 9.15. The third-order valence-corrected chi connectivity index (χ3v) is 3.63. The van der Waals surface area contributed by atoms with Crippen LogP contribution in [-0.2, 0) is 0 Å². The minimum atomic E-state index is 0.307. The summed E-state index contributed by atoms with van der Waals surface area (Å²) in [5, 5.41) is 0. The van der Waals surface area contributed by atoms with Crippen LogP contribution in [0.4, 0.5) is 0 Å². The fourth-order valence-corrected chi connectivity index (χ4v) is 2.72. The van der Waals surface area contributed by atoms with Gasteiger partial charge in [-0.1, -0.05) is 24.3 Å². The van der Waals surface area contributed by atoms with Gasteiger partial charge >= 0.3 is 0 Å². The van der Waals surface area contributed by atoms with E-state index >= 15 is 0 Å². The molecule has 0 radical (unpaired) electrons. The van der Waals surface area contributed by atoms with Gasteiger partial charge in [-0.05, 0) is 28.4 Å². The SMILES string of the molecule is Cc1ncc2c(n1)C1C=CC=CC1=C2Br. The summed E-state index contributed by atoms with van der Waals surface area (Å²) < 4.78 is 1.13. The number of fused-ring (bicyclic) bond motifs is 3. The Morgan fingerprint density at radius 2 is 2.20 bits per heavy atom. The lowest BCUT2D eigenvalue weighted by molar-refractivity contribution is 0.917. The second-order valence-corrected chi connectivity index (χ2v) is 4.50. The molecule has 3 heteroatoms. The fraction of sp³-hybridized carbons (Fsp3) is 0.167. The van der Waals surface area contributed by atoms with Crippen LogP contribution < -0.4 is 0 Å². The maximum atomic E-state index is 4.52. The van der Waals surface area contributed by atoms with Gasteiger partial charge in [0.1, 0.15) is 5.82 Å². The molecule has 0 amide bonds. The standard InChI is InChI=1S/C12H9BrN2/c1-7-14-6-10-11(13)8-4-2-3-5-9(8)12(10)15-7/h2-6,9H,1H3. The predicted octanol–water partition coefficient (Wildman–Crippen LogP) is 3.11. The molecule has 0 saturated heterocycles. The molecule has 0 bridgehead atoms. The van der Waals surface area contributed by atoms with Crippen LogP contribution in [0.3, 0.4) is 0 Å². The number of nitrogens with zero attached hydrogens (tertiary/aromatic N) is 2. The Morgan fingerprint density at radius 1 is 1.33 bits per heavy atom. The zero-order chi connectivity index (χ0) is 10.4. The summed E-state index contributed by atoms with van der Waals surface area (Å²) in [6.45, 7) is 1.93. The highest BCUT2D eigenvalue weighted by Gasteiger charge is 2.29. The number of rotatable bonds is 0. The molecule has 0 aromatic carbocycles. The van der Waals surface area contributed by atoms with E-state index in [2.05, 4.69) is 50.2 Å². The monoisotopic (exact) mass is 260 g/mol. The summed E-state index contributed by atoms with van der Waals surface area (Å²) in [7, 11) is 0. The van der Waals surface area contributed by atoms with Gasteiger partial charge in [0.15, 0.2) is 0 Å². The van der Waals surface area contributed by atoms with E-state index in [4.69, 9.17) is 0 Å². The molecule has 1 atom stereocenters. The van der Waals surface area contributed by atoms with Crippen molar-refractivity contribution in [2.24, 2.45) is 0 Å². The van der Waals surface area contributed by atoms with Gasteiger partial charge in [0.2, 0.25) is 0 Å². The van der Waals surface area contributed by atoms with Crippen LogP contribution in [0.1, 0.15) is 23.0 Å². The van der Waals surface area contributed by atoms with Crippen LogP contribution in [0.5, 0.6) is 0 Å². The van der Waals surface area contributed by atoms with Gasteiger partial charge in [-0.2, -0.15) is 0 Å². The lowest BCUT2D eigenvalue weighted by Gasteiger charge is -2.10. The molecule has 3 rings (SSSR count). The summed E-state index contributed by atoms with van der Waals surface area (Å²) in [5.41, 5.74) is 3.52. The van der Waals surface area contributed by atoms with Gasteiger partial charge in [-0.25, -0.2) is 9.97 Å². The molecule has 74 valence electrons. The zero-order valence-corrected chi connectivity index (χ0v) is 9.82. The molecule has 15 heavy (non-hydrogen) atoms. The van der Waals surface area contributed by atoms with E-state index in [1.165, 1.54) is 5.57 Å². The number of aromatic nitrogens is 2. The van der Waals surface area contributed by atoms with Crippen molar-refractivity contribution in [2.45, 2.75) is 12.8 Å². The molecule has 0 fully saturated rings. The van der Waals surface area contributed by atoms with Crippen molar-refractivity contribution in [3.8, 4) is 0 Å². The van der Waals surface area contributed by atoms with E-state index in [0.29, 0.717) is 5.92 Å². The molecule has 2 aliphatic rings. The highest BCUT2D eigenvalue weighted by Crippen LogP contribution is 2.45. The summed E-state index contributed by atoms with van der Waals surface area (Å²) in [5.74, 6) is 1.14. The lowest BCUT2D eigenvalue weighted by atomic mass is 9.96. The van der Waals surface area contributed by atoms with Crippen molar-refractivity contribution in [1.82, 2.24) is 9.97 Å². The van der Waals surface area contributed by atoms with Crippen molar-refractivity contribution >= 4 is 20.4 Å². The Hall–Kier alpha value is -1.22. The highest BCUT2D eigenvalue weighted by atomic mass is 79.9. The zero-order valence-electron chi connectivity index (χ0n) is 8.24. The summed E-state index contributed by atoms with van der Waals surface area (Å²) in [6, 6.07) is 0. The van der Waals surface area contributed by atoms with E-state index in [-0.39, 0.29) is 0 Å². The summed E-state index contributed by atoms with van der Waals surface area (Å²) >= 11 is 3.62. The number of aryl methyl sites for hydroxylation is 1. The smallest absolute Gasteiger partial charge is 0.125 e. The molecule has 0 saturated carbocycles. The Kier molecular flexibility index (Phi) is 1.89. The van der Waals surface area contributed by atoms with Crippen LogP contribution >= 0.6 is 15.9 Å². The minimum Gasteiger partial charge on any atom is -0.241 e. The Bertz CT molecular complexity index is 526. The van der Waals surface area contributed by atoms with Crippen molar-refractivity contribution in [3.63, 3.8) is 0 Å². The molecule has 1 aromatic rings. The average molecular weight is 261 g/mol. The average Bonchev–Trinajstić information content (AvgIpc) is 2.54. The summed E-state index contributed by atoms with van der Waals surface area (Å²) in [4.78, 5) is 8.76. The first-order valence-electron chi connectivity index (χ1n) is 4.86. The first-order chi connectivity index (χ1) is 7.27. The van der Waals surface area contributed by atoms with Gasteiger partial charge < -0.3 is 0 Å². The van der Waals surface area contributed by atoms with Crippen LogP contribution in [0.15, 0.2) is 36.1 Å². The van der Waals surface area contributed by atoms with Gasteiger partial charge in [-0.3, -0.25) is 0 Å². The van der Waals surface area contributed by atoms with Crippen LogP contribution in [0, 0.1) is 6.92 Å². The second-order valence-electron chi connectivity index (χ2n) is 3.71. The largest absolute Gasteiger partial charge is 0.241 e. The van der Waals surface area contributed by atoms with Crippen molar-refractivity contribution in [3.05, 3.63) is 53.2 Å². The van der Waals surface area contributed by atoms with Crippen molar-refractivity contribution < 1.29 is 0 Å². The molecule has 2 nitrogen and oxygen atoms in total. The molecule has 0 aliphatic heterocycles. The van der Waals surface area contributed by atoms with Crippen LogP contribution in [0.2, 0.25) is 0 Å². The van der Waals surface area contributed by atoms with Crippen molar-refractivity contribution in [1.29, 1.82) is 0 Å². The molecule has 1 aromatic heterocycles. The van der Waals surface area contributed by atoms with Crippen LogP contribution in [0.25, 0.3) is 4.48 Å². The predicted molar refractivity (Wildman–Crippen MR) is 63.6 cm³/mol. The molecule has 2 aliphatic carbocycles. The van der Waals surface area contributed by atoms with E-state index in [1.54, 1.807) is 0 Å². The molecule has 0 N–H and O–H groups in total. The summed E-state index contributed by atoms with van der Waals surface area (Å²) in [6.07, 6.45) is 10.3. The maximum Gasteiger partial charge on any atom is 0.125 e. The van der Waals surface area contributed by atoms with Crippen LogP contribution in [-0.4, -0.2) is 9.97 Å². The van der Waals surface area contributed by atoms with E-state index < -0.39 is 0 Å². The Labute approximate surface area is 96.6 Å². The van der Waals surface area contributed by atoms with E-state index in [0.717, 1.165) is 21.6 Å². The molecule has 1 heterocycles. The maximum absolute atomic E-state index is 4.52. The first kappa shape index (κ1) is 9.04. The third-order valence-electron chi connectivity index (χ3n) is 2.75. The topological polar surface area (TPSA) is 25.8 Å². The van der Waals surface area contributed by atoms with Gasteiger partial charge in [0.05, 0.1) is 5.69 Å². The molecular formula is C12H9BrN2. The Morgan fingerprint density at radius 3 is 3.07 bits per heavy atom. The number of allylic oxidation sites excluding steroid dienone is 5. The number of hydrogen-bond acceptors (Lipinski definition) is 2. The second kappa shape index (κ2) is 3.14. The van der Waals surface area contributed by atoms with Crippen molar-refractivity contribution in [2.75, 3.05) is 0 Å². The van der Waals surface area contributed by atoms with E-state index in [1.807, 2.05) is 13.1 Å². The molecule has 0 spiro atoms. The van der Waals surface area contributed by atoms with E-state index in [9.17, 15) is 0 Å². The fourth-order valence-electron chi connectivity index (χ4n) is 2.04. The first-order valence-corrected chi connectivity index (χ1v) is 5.65.